The summed E-state index contributed by atoms with van der Waals surface area (Å²) in [6, 6.07) is 8.75. The summed E-state index contributed by atoms with van der Waals surface area (Å²) in [5, 5.41) is 0. The SMILES string of the molecule is CN1C(=O)Cc2cc(C(Br)c3cc4c(s3)CCC4)ccc21. The summed E-state index contributed by atoms with van der Waals surface area (Å²) in [5.41, 5.74) is 4.98. The van der Waals surface area contributed by atoms with Gasteiger partial charge >= 0.3 is 0 Å². The zero-order chi connectivity index (χ0) is 14.6. The van der Waals surface area contributed by atoms with E-state index in [0.29, 0.717) is 6.42 Å². The highest BCUT2D eigenvalue weighted by molar-refractivity contribution is 9.09. The van der Waals surface area contributed by atoms with Gasteiger partial charge in [-0.05, 0) is 48.1 Å². The molecule has 0 spiro atoms. The fraction of sp³-hybridized carbons (Fsp3) is 0.353. The molecule has 1 aromatic heterocycles. The quantitative estimate of drug-likeness (QED) is 0.732. The molecule has 1 aliphatic carbocycles. The van der Waals surface area contributed by atoms with Crippen LogP contribution in [0.1, 0.15) is 37.7 Å². The Balaban J connectivity index is 1.67. The number of hydrogen-bond acceptors (Lipinski definition) is 2. The lowest BCUT2D eigenvalue weighted by Crippen LogP contribution is -2.20. The molecular formula is C17H16BrNOS. The van der Waals surface area contributed by atoms with Gasteiger partial charge < -0.3 is 4.90 Å². The predicted molar refractivity (Wildman–Crippen MR) is 90.7 cm³/mol. The lowest BCUT2D eigenvalue weighted by Gasteiger charge is -2.13. The normalized spacial score (nSPS) is 18.0. The second-order valence-corrected chi connectivity index (χ2v) is 7.91. The van der Waals surface area contributed by atoms with Gasteiger partial charge in [-0.15, -0.1) is 11.3 Å². The summed E-state index contributed by atoms with van der Waals surface area (Å²) in [6.07, 6.45) is 4.31. The number of thiophene rings is 1. The molecule has 2 nitrogen and oxygen atoms in total. The van der Waals surface area contributed by atoms with Crippen LogP contribution in [0.2, 0.25) is 0 Å². The molecule has 0 bridgehead atoms. The number of benzene rings is 1. The lowest BCUT2D eigenvalue weighted by atomic mass is 10.0. The maximum atomic E-state index is 11.8. The Morgan fingerprint density at radius 2 is 2.10 bits per heavy atom. The molecule has 0 radical (unpaired) electrons. The molecule has 1 aliphatic heterocycles. The molecule has 2 aliphatic rings. The first-order valence-corrected chi connectivity index (χ1v) is 9.01. The van der Waals surface area contributed by atoms with E-state index >= 15 is 0 Å². The number of halogens is 1. The van der Waals surface area contributed by atoms with Crippen molar-refractivity contribution in [3.05, 3.63) is 50.7 Å². The van der Waals surface area contributed by atoms with Crippen LogP contribution in [0.25, 0.3) is 0 Å². The van der Waals surface area contributed by atoms with Crippen molar-refractivity contribution in [3.63, 3.8) is 0 Å². The first-order chi connectivity index (χ1) is 10.1. The van der Waals surface area contributed by atoms with Crippen molar-refractivity contribution < 1.29 is 4.79 Å². The maximum absolute atomic E-state index is 11.8. The molecule has 0 fully saturated rings. The minimum absolute atomic E-state index is 0.184. The van der Waals surface area contributed by atoms with Crippen molar-refractivity contribution in [2.75, 3.05) is 11.9 Å². The van der Waals surface area contributed by atoms with Gasteiger partial charge in [0, 0.05) is 22.5 Å². The van der Waals surface area contributed by atoms with Gasteiger partial charge in [0.15, 0.2) is 0 Å². The summed E-state index contributed by atoms with van der Waals surface area (Å²) in [5.74, 6) is 0.184. The Morgan fingerprint density at radius 1 is 1.24 bits per heavy atom. The summed E-state index contributed by atoms with van der Waals surface area (Å²) >= 11 is 5.78. The van der Waals surface area contributed by atoms with Gasteiger partial charge in [-0.1, -0.05) is 28.1 Å². The number of anilines is 1. The monoisotopic (exact) mass is 361 g/mol. The average molecular weight is 362 g/mol. The number of amides is 1. The van der Waals surface area contributed by atoms with E-state index in [2.05, 4.69) is 40.2 Å². The third-order valence-electron chi connectivity index (χ3n) is 4.49. The molecule has 1 unspecified atom stereocenters. The standard InChI is InChI=1S/C17H16BrNOS/c1-19-13-6-5-11(7-12(13)9-16(19)20)17(18)15-8-10-3-2-4-14(10)21-15/h5-8,17H,2-4,9H2,1H3. The number of likely N-dealkylation sites (N-methyl/N-ethyl adjacent to an activating group) is 1. The Morgan fingerprint density at radius 3 is 2.90 bits per heavy atom. The number of carbonyl (C=O) groups is 1. The number of fused-ring (bicyclic) bond motifs is 2. The zero-order valence-corrected chi connectivity index (χ0v) is 14.3. The molecule has 108 valence electrons. The molecule has 2 heterocycles. The van der Waals surface area contributed by atoms with Crippen LogP contribution >= 0.6 is 27.3 Å². The van der Waals surface area contributed by atoms with Crippen molar-refractivity contribution in [2.45, 2.75) is 30.5 Å². The van der Waals surface area contributed by atoms with Crippen molar-refractivity contribution in [2.24, 2.45) is 0 Å². The van der Waals surface area contributed by atoms with E-state index in [1.807, 2.05) is 18.4 Å². The average Bonchev–Trinajstić information content (AvgIpc) is 3.12. The summed E-state index contributed by atoms with van der Waals surface area (Å²) in [7, 11) is 1.85. The summed E-state index contributed by atoms with van der Waals surface area (Å²) in [6.45, 7) is 0. The second kappa shape index (κ2) is 4.96. The molecule has 1 amide bonds. The van der Waals surface area contributed by atoms with Crippen molar-refractivity contribution in [1.29, 1.82) is 0 Å². The third-order valence-corrected chi connectivity index (χ3v) is 7.12. The van der Waals surface area contributed by atoms with Gasteiger partial charge in [-0.2, -0.15) is 0 Å². The van der Waals surface area contributed by atoms with Crippen LogP contribution in [0, 0.1) is 0 Å². The molecular weight excluding hydrogens is 346 g/mol. The van der Waals surface area contributed by atoms with E-state index < -0.39 is 0 Å². The van der Waals surface area contributed by atoms with Crippen molar-refractivity contribution in [1.82, 2.24) is 0 Å². The van der Waals surface area contributed by atoms with Gasteiger partial charge in [-0.25, -0.2) is 0 Å². The van der Waals surface area contributed by atoms with E-state index in [9.17, 15) is 4.79 Å². The van der Waals surface area contributed by atoms with Crippen LogP contribution in [-0.2, 0) is 24.1 Å². The molecule has 1 atom stereocenters. The number of carbonyl (C=O) groups excluding carboxylic acids is 1. The van der Waals surface area contributed by atoms with Crippen LogP contribution in [0.3, 0.4) is 0 Å². The van der Waals surface area contributed by atoms with E-state index in [-0.39, 0.29) is 10.7 Å². The molecule has 4 rings (SSSR count). The van der Waals surface area contributed by atoms with E-state index in [0.717, 1.165) is 11.3 Å². The molecule has 0 N–H and O–H groups in total. The van der Waals surface area contributed by atoms with Crippen LogP contribution < -0.4 is 4.90 Å². The smallest absolute Gasteiger partial charge is 0.231 e. The summed E-state index contributed by atoms with van der Waals surface area (Å²) in [4.78, 5) is 16.7. The molecule has 0 saturated carbocycles. The lowest BCUT2D eigenvalue weighted by molar-refractivity contribution is -0.117. The Kier molecular flexibility index (Phi) is 3.19. The third kappa shape index (κ3) is 2.16. The molecule has 1 aromatic carbocycles. The second-order valence-electron chi connectivity index (χ2n) is 5.83. The molecule has 21 heavy (non-hydrogen) atoms. The van der Waals surface area contributed by atoms with Gasteiger partial charge in [-0.3, -0.25) is 4.79 Å². The highest BCUT2D eigenvalue weighted by atomic mass is 79.9. The first kappa shape index (κ1) is 13.5. The highest BCUT2D eigenvalue weighted by Gasteiger charge is 2.26. The molecule has 2 aromatic rings. The predicted octanol–water partition coefficient (Wildman–Crippen LogP) is 4.24. The molecule has 0 saturated heterocycles. The maximum Gasteiger partial charge on any atom is 0.231 e. The highest BCUT2D eigenvalue weighted by Crippen LogP contribution is 2.41. The number of rotatable bonds is 2. The zero-order valence-electron chi connectivity index (χ0n) is 11.9. The first-order valence-electron chi connectivity index (χ1n) is 7.28. The fourth-order valence-electron chi connectivity index (χ4n) is 3.29. The van der Waals surface area contributed by atoms with Gasteiger partial charge in [0.2, 0.25) is 5.91 Å². The van der Waals surface area contributed by atoms with E-state index in [1.165, 1.54) is 35.3 Å². The number of hydrogen-bond donors (Lipinski definition) is 0. The summed E-state index contributed by atoms with van der Waals surface area (Å²) < 4.78 is 0. The molecule has 4 heteroatoms. The van der Waals surface area contributed by atoms with Crippen LogP contribution in [0.15, 0.2) is 24.3 Å². The van der Waals surface area contributed by atoms with Crippen LogP contribution in [0.4, 0.5) is 5.69 Å². The Hall–Kier alpha value is -1.13. The van der Waals surface area contributed by atoms with Gasteiger partial charge in [0.05, 0.1) is 11.2 Å². The van der Waals surface area contributed by atoms with Crippen molar-refractivity contribution in [3.8, 4) is 0 Å². The van der Waals surface area contributed by atoms with Crippen LogP contribution in [0.5, 0.6) is 0 Å². The van der Waals surface area contributed by atoms with Gasteiger partial charge in [0.25, 0.3) is 0 Å². The number of alkyl halides is 1. The van der Waals surface area contributed by atoms with Crippen LogP contribution in [-0.4, -0.2) is 13.0 Å². The topological polar surface area (TPSA) is 20.3 Å². The Bertz CT molecular complexity index is 715. The number of aryl methyl sites for hydroxylation is 2. The van der Waals surface area contributed by atoms with E-state index in [1.54, 1.807) is 9.78 Å². The number of nitrogens with zero attached hydrogens (tertiary/aromatic N) is 1. The van der Waals surface area contributed by atoms with Crippen molar-refractivity contribution >= 4 is 38.9 Å². The minimum Gasteiger partial charge on any atom is -0.315 e. The minimum atomic E-state index is 0.184. The fourth-order valence-corrected chi connectivity index (χ4v) is 5.25. The van der Waals surface area contributed by atoms with E-state index in [4.69, 9.17) is 0 Å². The Labute approximate surface area is 136 Å². The largest absolute Gasteiger partial charge is 0.315 e. The van der Waals surface area contributed by atoms with Gasteiger partial charge in [0.1, 0.15) is 0 Å².